The van der Waals surface area contributed by atoms with Gasteiger partial charge < -0.3 is 0 Å². The molecule has 0 bridgehead atoms. The molecule has 1 atom stereocenters. The van der Waals surface area contributed by atoms with Crippen LogP contribution < -0.4 is 10.6 Å². The zero-order valence-corrected chi connectivity index (χ0v) is 9.72. The van der Waals surface area contributed by atoms with Crippen LogP contribution in [0.2, 0.25) is 0 Å². The summed E-state index contributed by atoms with van der Waals surface area (Å²) in [6.07, 6.45) is 0. The Hall–Kier alpha value is -1.69. The van der Waals surface area contributed by atoms with E-state index in [2.05, 4.69) is 15.6 Å². The summed E-state index contributed by atoms with van der Waals surface area (Å²) in [6, 6.07) is 3.93. The average molecular weight is 237 g/mol. The molecule has 2 heterocycles. The molecule has 16 heavy (non-hydrogen) atoms. The number of aliphatic imine (C=N–C) groups is 1. The number of hydrogen-bond donors (Lipinski definition) is 2. The van der Waals surface area contributed by atoms with Gasteiger partial charge in [-0.2, -0.15) is 0 Å². The Morgan fingerprint density at radius 2 is 1.88 bits per heavy atom. The second-order valence-electron chi connectivity index (χ2n) is 3.51. The minimum absolute atomic E-state index is 0.0765. The second kappa shape index (κ2) is 4.05. The fraction of sp³-hybridized carbons (Fsp3) is 0.300. The number of rotatable bonds is 2. The van der Waals surface area contributed by atoms with Crippen molar-refractivity contribution < 1.29 is 9.59 Å². The first-order valence-corrected chi connectivity index (χ1v) is 5.64. The number of nitrogens with one attached hydrogen (secondary N) is 2. The fourth-order valence-electron chi connectivity index (χ4n) is 1.36. The van der Waals surface area contributed by atoms with E-state index >= 15 is 0 Å². The molecule has 0 saturated carbocycles. The van der Waals surface area contributed by atoms with Crippen LogP contribution in [0.25, 0.3) is 0 Å². The Morgan fingerprint density at radius 3 is 2.38 bits per heavy atom. The summed E-state index contributed by atoms with van der Waals surface area (Å²) < 4.78 is 0. The number of aryl methyl sites for hydroxylation is 1. The molecule has 1 fully saturated rings. The van der Waals surface area contributed by atoms with Crippen molar-refractivity contribution in [3.63, 3.8) is 0 Å². The third-order valence-electron chi connectivity index (χ3n) is 2.17. The van der Waals surface area contributed by atoms with Gasteiger partial charge in [0.05, 0.1) is 6.04 Å². The Kier molecular flexibility index (Phi) is 2.74. The summed E-state index contributed by atoms with van der Waals surface area (Å²) in [4.78, 5) is 28.3. The van der Waals surface area contributed by atoms with Crippen LogP contribution in [-0.2, 0) is 9.59 Å². The molecule has 1 aromatic rings. The van der Waals surface area contributed by atoms with Crippen LogP contribution >= 0.6 is 11.3 Å². The van der Waals surface area contributed by atoms with Crippen LogP contribution in [0, 0.1) is 6.92 Å². The Bertz CT molecular complexity index is 460. The maximum atomic E-state index is 10.9. The summed E-state index contributed by atoms with van der Waals surface area (Å²) in [5.41, 5.74) is 0. The average Bonchev–Trinajstić information content (AvgIpc) is 2.75. The SMILES string of the molecule is Cc1ccc(C(C)N=C2NC(=O)C(=O)N2)s1. The molecule has 1 aliphatic heterocycles. The third-order valence-corrected chi connectivity index (χ3v) is 3.34. The van der Waals surface area contributed by atoms with E-state index in [0.717, 1.165) is 4.88 Å². The van der Waals surface area contributed by atoms with Crippen LogP contribution in [0.15, 0.2) is 17.1 Å². The van der Waals surface area contributed by atoms with Gasteiger partial charge in [-0.1, -0.05) is 0 Å². The predicted octanol–water partition coefficient (Wildman–Crippen LogP) is 0.720. The van der Waals surface area contributed by atoms with Gasteiger partial charge in [-0.15, -0.1) is 11.3 Å². The summed E-state index contributed by atoms with van der Waals surface area (Å²) >= 11 is 1.65. The highest BCUT2D eigenvalue weighted by Gasteiger charge is 2.25. The lowest BCUT2D eigenvalue weighted by Crippen LogP contribution is -2.26. The molecule has 0 aromatic carbocycles. The highest BCUT2D eigenvalue weighted by Crippen LogP contribution is 2.24. The van der Waals surface area contributed by atoms with Gasteiger partial charge in [-0.3, -0.25) is 20.2 Å². The lowest BCUT2D eigenvalue weighted by molar-refractivity contribution is -0.135. The van der Waals surface area contributed by atoms with Crippen molar-refractivity contribution in [3.05, 3.63) is 21.9 Å². The molecule has 2 N–H and O–H groups in total. The van der Waals surface area contributed by atoms with Crippen molar-refractivity contribution in [1.29, 1.82) is 0 Å². The summed E-state index contributed by atoms with van der Waals surface area (Å²) in [6.45, 7) is 3.93. The first kappa shape index (κ1) is 10.8. The van der Waals surface area contributed by atoms with Gasteiger partial charge in [0, 0.05) is 9.75 Å². The fourth-order valence-corrected chi connectivity index (χ4v) is 2.23. The summed E-state index contributed by atoms with van der Waals surface area (Å²) in [5.74, 6) is -1.09. The largest absolute Gasteiger partial charge is 0.316 e. The van der Waals surface area contributed by atoms with Gasteiger partial charge in [0.15, 0.2) is 0 Å². The molecule has 1 unspecified atom stereocenters. The molecule has 1 saturated heterocycles. The number of amides is 2. The van der Waals surface area contributed by atoms with E-state index in [4.69, 9.17) is 0 Å². The van der Waals surface area contributed by atoms with Crippen LogP contribution in [0.5, 0.6) is 0 Å². The zero-order valence-electron chi connectivity index (χ0n) is 8.90. The zero-order chi connectivity index (χ0) is 11.7. The van der Waals surface area contributed by atoms with Crippen molar-refractivity contribution in [2.75, 3.05) is 0 Å². The lowest BCUT2D eigenvalue weighted by Gasteiger charge is -2.04. The number of thiophene rings is 1. The molecule has 0 aliphatic carbocycles. The van der Waals surface area contributed by atoms with Crippen LogP contribution in [0.1, 0.15) is 22.7 Å². The molecule has 2 rings (SSSR count). The third kappa shape index (κ3) is 2.11. The van der Waals surface area contributed by atoms with Crippen molar-refractivity contribution in [1.82, 2.24) is 10.6 Å². The molecular formula is C10H11N3O2S. The normalized spacial score (nSPS) is 17.0. The number of guanidine groups is 1. The molecule has 1 aromatic heterocycles. The second-order valence-corrected chi connectivity index (χ2v) is 4.83. The first-order chi connectivity index (χ1) is 7.56. The van der Waals surface area contributed by atoms with Crippen molar-refractivity contribution in [2.24, 2.45) is 4.99 Å². The molecule has 84 valence electrons. The van der Waals surface area contributed by atoms with Crippen LogP contribution in [0.3, 0.4) is 0 Å². The van der Waals surface area contributed by atoms with E-state index in [0.29, 0.717) is 0 Å². The molecule has 0 spiro atoms. The molecule has 6 heteroatoms. The number of hydrogen-bond acceptors (Lipinski definition) is 4. The van der Waals surface area contributed by atoms with E-state index in [-0.39, 0.29) is 12.0 Å². The van der Waals surface area contributed by atoms with Crippen molar-refractivity contribution >= 4 is 29.1 Å². The van der Waals surface area contributed by atoms with E-state index in [9.17, 15) is 9.59 Å². The number of carbonyl (C=O) groups is 2. The van der Waals surface area contributed by atoms with Gasteiger partial charge in [0.25, 0.3) is 0 Å². The van der Waals surface area contributed by atoms with Crippen molar-refractivity contribution in [3.8, 4) is 0 Å². The van der Waals surface area contributed by atoms with Gasteiger partial charge in [-0.05, 0) is 26.0 Å². The maximum Gasteiger partial charge on any atom is 0.316 e. The van der Waals surface area contributed by atoms with E-state index in [1.54, 1.807) is 11.3 Å². The van der Waals surface area contributed by atoms with Gasteiger partial charge in [0.1, 0.15) is 0 Å². The standard InChI is InChI=1S/C10H11N3O2S/c1-5-3-4-7(16-5)6(2)11-10-12-8(14)9(15)13-10/h3-4,6H,1-2H3,(H2,11,12,13,14,15). The highest BCUT2D eigenvalue weighted by molar-refractivity contribution is 7.12. The highest BCUT2D eigenvalue weighted by atomic mass is 32.1. The number of nitrogens with zero attached hydrogens (tertiary/aromatic N) is 1. The Balaban J connectivity index is 2.13. The topological polar surface area (TPSA) is 70.6 Å². The van der Waals surface area contributed by atoms with Gasteiger partial charge in [0.2, 0.25) is 5.96 Å². The van der Waals surface area contributed by atoms with E-state index in [1.807, 2.05) is 26.0 Å². The van der Waals surface area contributed by atoms with Gasteiger partial charge in [-0.25, -0.2) is 4.99 Å². The van der Waals surface area contributed by atoms with Crippen LogP contribution in [-0.4, -0.2) is 17.8 Å². The summed E-state index contributed by atoms with van der Waals surface area (Å²) in [5, 5.41) is 4.73. The van der Waals surface area contributed by atoms with Crippen LogP contribution in [0.4, 0.5) is 0 Å². The number of carbonyl (C=O) groups excluding carboxylic acids is 2. The Labute approximate surface area is 96.6 Å². The minimum Gasteiger partial charge on any atom is -0.288 e. The molecular weight excluding hydrogens is 226 g/mol. The molecule has 2 amide bonds. The minimum atomic E-state index is -0.659. The quantitative estimate of drug-likeness (QED) is 0.744. The molecule has 1 aliphatic rings. The van der Waals surface area contributed by atoms with Gasteiger partial charge >= 0.3 is 11.8 Å². The smallest absolute Gasteiger partial charge is 0.288 e. The lowest BCUT2D eigenvalue weighted by atomic mass is 10.3. The molecule has 0 radical (unpaired) electrons. The first-order valence-electron chi connectivity index (χ1n) is 4.83. The summed E-state index contributed by atoms with van der Waals surface area (Å²) in [7, 11) is 0. The predicted molar refractivity (Wildman–Crippen MR) is 61.2 cm³/mol. The van der Waals surface area contributed by atoms with E-state index < -0.39 is 11.8 Å². The molecule has 5 nitrogen and oxygen atoms in total. The Morgan fingerprint density at radius 1 is 1.25 bits per heavy atom. The van der Waals surface area contributed by atoms with Crippen molar-refractivity contribution in [2.45, 2.75) is 19.9 Å². The van der Waals surface area contributed by atoms with E-state index in [1.165, 1.54) is 4.88 Å². The maximum absolute atomic E-state index is 10.9. The monoisotopic (exact) mass is 237 g/mol.